The molecule has 1 aliphatic heterocycles. The molecular formula is C24H20FNO3. The number of halogens is 1. The molecule has 1 amide bonds. The van der Waals surface area contributed by atoms with Crippen molar-refractivity contribution in [1.29, 1.82) is 0 Å². The van der Waals surface area contributed by atoms with Crippen molar-refractivity contribution >= 4 is 11.5 Å². The van der Waals surface area contributed by atoms with Gasteiger partial charge in [0.1, 0.15) is 11.6 Å². The van der Waals surface area contributed by atoms with E-state index in [1.165, 1.54) is 12.1 Å². The van der Waals surface area contributed by atoms with Crippen LogP contribution < -0.4 is 4.74 Å². The molecule has 0 radical (unpaired) electrons. The summed E-state index contributed by atoms with van der Waals surface area (Å²) < 4.78 is 18.7. The molecular weight excluding hydrogens is 369 g/mol. The summed E-state index contributed by atoms with van der Waals surface area (Å²) in [7, 11) is 1.58. The van der Waals surface area contributed by atoms with Crippen LogP contribution in [0, 0.1) is 5.82 Å². The van der Waals surface area contributed by atoms with Crippen LogP contribution in [0.25, 0.3) is 5.57 Å². The fraction of sp³-hybridized carbons (Fsp3) is 0.125. The summed E-state index contributed by atoms with van der Waals surface area (Å²) in [4.78, 5) is 14.6. The van der Waals surface area contributed by atoms with Gasteiger partial charge >= 0.3 is 0 Å². The Balaban J connectivity index is 1.80. The number of ether oxygens (including phenoxy) is 1. The number of hydrogen-bond acceptors (Lipinski definition) is 3. The van der Waals surface area contributed by atoms with Gasteiger partial charge in [0, 0.05) is 12.1 Å². The van der Waals surface area contributed by atoms with Crippen LogP contribution in [-0.2, 0) is 11.3 Å². The summed E-state index contributed by atoms with van der Waals surface area (Å²) in [5.74, 6) is -0.418. The van der Waals surface area contributed by atoms with E-state index in [2.05, 4.69) is 0 Å². The maximum Gasteiger partial charge on any atom is 0.290 e. The molecule has 5 heteroatoms. The Morgan fingerprint density at radius 2 is 1.62 bits per heavy atom. The average Bonchev–Trinajstić information content (AvgIpc) is 3.00. The molecule has 146 valence electrons. The molecule has 3 aromatic carbocycles. The average molecular weight is 389 g/mol. The number of carbonyl (C=O) groups is 1. The molecule has 1 N–H and O–H groups in total. The number of benzene rings is 3. The lowest BCUT2D eigenvalue weighted by molar-refractivity contribution is -0.130. The molecule has 0 saturated carbocycles. The third kappa shape index (κ3) is 3.59. The predicted octanol–water partition coefficient (Wildman–Crippen LogP) is 4.89. The van der Waals surface area contributed by atoms with E-state index in [1.807, 2.05) is 30.3 Å². The predicted molar refractivity (Wildman–Crippen MR) is 109 cm³/mol. The Bertz CT molecular complexity index is 1040. The van der Waals surface area contributed by atoms with Gasteiger partial charge in [0.15, 0.2) is 5.76 Å². The number of carbonyl (C=O) groups excluding carboxylic acids is 1. The minimum Gasteiger partial charge on any atom is -0.503 e. The van der Waals surface area contributed by atoms with Crippen molar-refractivity contribution < 1.29 is 19.0 Å². The highest BCUT2D eigenvalue weighted by molar-refractivity contribution is 6.05. The molecule has 1 heterocycles. The Morgan fingerprint density at radius 3 is 2.24 bits per heavy atom. The first-order chi connectivity index (χ1) is 14.1. The molecule has 0 unspecified atom stereocenters. The second-order valence-corrected chi connectivity index (χ2v) is 6.86. The van der Waals surface area contributed by atoms with Gasteiger partial charge in [-0.15, -0.1) is 0 Å². The molecule has 0 aromatic heterocycles. The van der Waals surface area contributed by atoms with Crippen molar-refractivity contribution in [3.05, 3.63) is 107 Å². The normalized spacial score (nSPS) is 16.4. The van der Waals surface area contributed by atoms with Gasteiger partial charge in [-0.3, -0.25) is 4.79 Å². The minimum absolute atomic E-state index is 0.291. The van der Waals surface area contributed by atoms with Crippen molar-refractivity contribution in [3.8, 4) is 5.75 Å². The van der Waals surface area contributed by atoms with Gasteiger partial charge in [0.25, 0.3) is 5.91 Å². The first-order valence-corrected chi connectivity index (χ1v) is 9.26. The molecule has 3 aromatic rings. The maximum atomic E-state index is 13.5. The van der Waals surface area contributed by atoms with Gasteiger partial charge in [-0.1, -0.05) is 54.6 Å². The SMILES string of the molecule is COc1ccc(C2=C(O)C(=O)N(Cc3ccccc3)[C@H]2c2ccc(F)cc2)cc1. The second-order valence-electron chi connectivity index (χ2n) is 6.86. The van der Waals surface area contributed by atoms with E-state index in [0.29, 0.717) is 23.4 Å². The van der Waals surface area contributed by atoms with E-state index in [4.69, 9.17) is 4.74 Å². The van der Waals surface area contributed by atoms with Crippen molar-refractivity contribution in [2.24, 2.45) is 0 Å². The lowest BCUT2D eigenvalue weighted by Gasteiger charge is -2.27. The maximum absolute atomic E-state index is 13.5. The van der Waals surface area contributed by atoms with Crippen LogP contribution in [0.4, 0.5) is 4.39 Å². The Morgan fingerprint density at radius 1 is 0.966 bits per heavy atom. The topological polar surface area (TPSA) is 49.8 Å². The Labute approximate surface area is 168 Å². The zero-order valence-corrected chi connectivity index (χ0v) is 15.9. The lowest BCUT2D eigenvalue weighted by atomic mass is 9.93. The summed E-state index contributed by atoms with van der Waals surface area (Å²) >= 11 is 0. The second kappa shape index (κ2) is 7.80. The third-order valence-electron chi connectivity index (χ3n) is 5.09. The van der Waals surface area contributed by atoms with Crippen molar-refractivity contribution in [1.82, 2.24) is 4.90 Å². The monoisotopic (exact) mass is 389 g/mol. The van der Waals surface area contributed by atoms with Gasteiger partial charge in [-0.25, -0.2) is 4.39 Å². The number of nitrogens with zero attached hydrogens (tertiary/aromatic N) is 1. The highest BCUT2D eigenvalue weighted by atomic mass is 19.1. The van der Waals surface area contributed by atoms with E-state index in [1.54, 1.807) is 48.4 Å². The lowest BCUT2D eigenvalue weighted by Crippen LogP contribution is -2.29. The van der Waals surface area contributed by atoms with Crippen molar-refractivity contribution in [3.63, 3.8) is 0 Å². The fourth-order valence-corrected chi connectivity index (χ4v) is 3.65. The standard InChI is InChI=1S/C24H20FNO3/c1-29-20-13-9-17(10-14-20)21-22(18-7-11-19(25)12-8-18)26(24(28)23(21)27)15-16-5-3-2-4-6-16/h2-14,22,27H,15H2,1H3/t22-/m0/s1. The van der Waals surface area contributed by atoms with Crippen molar-refractivity contribution in [2.75, 3.05) is 7.11 Å². The summed E-state index contributed by atoms with van der Waals surface area (Å²) in [6.07, 6.45) is 0. The molecule has 0 fully saturated rings. The van der Waals surface area contributed by atoms with E-state index < -0.39 is 11.9 Å². The van der Waals surface area contributed by atoms with Crippen LogP contribution in [0.5, 0.6) is 5.75 Å². The Kier molecular flexibility index (Phi) is 5.04. The van der Waals surface area contributed by atoms with Crippen molar-refractivity contribution in [2.45, 2.75) is 12.6 Å². The molecule has 1 atom stereocenters. The van der Waals surface area contributed by atoms with Crippen LogP contribution in [0.15, 0.2) is 84.6 Å². The number of hydrogen-bond donors (Lipinski definition) is 1. The molecule has 1 aliphatic rings. The molecule has 4 nitrogen and oxygen atoms in total. The summed E-state index contributed by atoms with van der Waals surface area (Å²) in [6.45, 7) is 0.325. The van der Waals surface area contributed by atoms with E-state index in [9.17, 15) is 14.3 Å². The molecule has 29 heavy (non-hydrogen) atoms. The Hall–Kier alpha value is -3.60. The highest BCUT2D eigenvalue weighted by Crippen LogP contribution is 2.44. The van der Waals surface area contributed by atoms with Gasteiger partial charge in [-0.05, 0) is 41.0 Å². The van der Waals surface area contributed by atoms with Crippen LogP contribution in [-0.4, -0.2) is 23.0 Å². The van der Waals surface area contributed by atoms with Crippen LogP contribution in [0.1, 0.15) is 22.7 Å². The van der Waals surface area contributed by atoms with Gasteiger partial charge < -0.3 is 14.7 Å². The smallest absolute Gasteiger partial charge is 0.290 e. The third-order valence-corrected chi connectivity index (χ3v) is 5.09. The highest BCUT2D eigenvalue weighted by Gasteiger charge is 2.40. The quantitative estimate of drug-likeness (QED) is 0.676. The van der Waals surface area contributed by atoms with E-state index in [0.717, 1.165) is 11.1 Å². The summed E-state index contributed by atoms with van der Waals surface area (Å²) in [5.41, 5.74) is 2.88. The largest absolute Gasteiger partial charge is 0.503 e. The fourth-order valence-electron chi connectivity index (χ4n) is 3.65. The van der Waals surface area contributed by atoms with E-state index >= 15 is 0 Å². The minimum atomic E-state index is -0.531. The van der Waals surface area contributed by atoms with Crippen LogP contribution >= 0.6 is 0 Å². The first kappa shape index (κ1) is 18.7. The summed E-state index contributed by atoms with van der Waals surface area (Å²) in [5, 5.41) is 10.8. The zero-order valence-electron chi connectivity index (χ0n) is 15.9. The van der Waals surface area contributed by atoms with Gasteiger partial charge in [0.2, 0.25) is 0 Å². The molecule has 0 saturated heterocycles. The van der Waals surface area contributed by atoms with Crippen LogP contribution in [0.3, 0.4) is 0 Å². The van der Waals surface area contributed by atoms with E-state index in [-0.39, 0.29) is 11.6 Å². The molecule has 0 aliphatic carbocycles. The number of methoxy groups -OCH3 is 1. The molecule has 0 bridgehead atoms. The summed E-state index contributed by atoms with van der Waals surface area (Å²) in [6, 6.07) is 22.2. The molecule has 0 spiro atoms. The van der Waals surface area contributed by atoms with Crippen LogP contribution in [0.2, 0.25) is 0 Å². The zero-order chi connectivity index (χ0) is 20.4. The number of amides is 1. The first-order valence-electron chi connectivity index (χ1n) is 9.26. The van der Waals surface area contributed by atoms with Gasteiger partial charge in [-0.2, -0.15) is 0 Å². The van der Waals surface area contributed by atoms with Gasteiger partial charge in [0.05, 0.1) is 13.2 Å². The number of aliphatic hydroxyl groups is 1. The number of rotatable bonds is 5. The number of aliphatic hydroxyl groups excluding tert-OH is 1. The molecule has 4 rings (SSSR count).